The predicted molar refractivity (Wildman–Crippen MR) is 105 cm³/mol. The first kappa shape index (κ1) is 18.7. The maximum absolute atomic E-state index is 13.5. The van der Waals surface area contributed by atoms with Crippen LogP contribution in [0.2, 0.25) is 0 Å². The molecular weight excluding hydrogens is 375 g/mol. The number of carbonyl (C=O) groups excluding carboxylic acids is 1. The van der Waals surface area contributed by atoms with Gasteiger partial charge in [-0.2, -0.15) is 5.10 Å². The van der Waals surface area contributed by atoms with Crippen LogP contribution in [0.5, 0.6) is 11.5 Å². The molecule has 1 aromatic heterocycles. The van der Waals surface area contributed by atoms with Crippen LogP contribution in [0.4, 0.5) is 4.39 Å². The standard InChI is InChI=1S/C21H19FN4O3/c1-13-4-7-20(24-25(13)2)26-11-14-8-16(5-6-17(14)21(26)27)29-12-15-9-19(28-3)18(22)10-23-15/h4-10H,1,11-12H2,2-3H3. The summed E-state index contributed by atoms with van der Waals surface area (Å²) in [6.07, 6.45) is 4.69. The Balaban J connectivity index is 1.48. The van der Waals surface area contributed by atoms with Crippen molar-refractivity contribution in [3.8, 4) is 11.5 Å². The average Bonchev–Trinajstić information content (AvgIpc) is 3.05. The Bertz CT molecular complexity index is 1060. The molecule has 148 valence electrons. The number of carbonyl (C=O) groups is 1. The van der Waals surface area contributed by atoms with Crippen LogP contribution in [0.25, 0.3) is 0 Å². The van der Waals surface area contributed by atoms with Gasteiger partial charge in [0.15, 0.2) is 17.4 Å². The number of nitrogens with zero attached hydrogens (tertiary/aromatic N) is 4. The number of rotatable bonds is 4. The summed E-state index contributed by atoms with van der Waals surface area (Å²) >= 11 is 0. The minimum Gasteiger partial charge on any atom is -0.494 e. The topological polar surface area (TPSA) is 67.3 Å². The number of allylic oxidation sites excluding steroid dienone is 1. The molecule has 29 heavy (non-hydrogen) atoms. The van der Waals surface area contributed by atoms with Crippen molar-refractivity contribution in [1.82, 2.24) is 14.9 Å². The first-order valence-corrected chi connectivity index (χ1v) is 8.91. The highest BCUT2D eigenvalue weighted by Crippen LogP contribution is 2.29. The van der Waals surface area contributed by atoms with Crippen molar-refractivity contribution < 1.29 is 18.7 Å². The first-order valence-electron chi connectivity index (χ1n) is 8.91. The molecule has 2 aliphatic heterocycles. The van der Waals surface area contributed by atoms with Crippen LogP contribution in [-0.2, 0) is 13.2 Å². The van der Waals surface area contributed by atoms with E-state index in [9.17, 15) is 9.18 Å². The highest BCUT2D eigenvalue weighted by Gasteiger charge is 2.31. The Kier molecular flexibility index (Phi) is 4.75. The van der Waals surface area contributed by atoms with Gasteiger partial charge in [0.1, 0.15) is 12.4 Å². The summed E-state index contributed by atoms with van der Waals surface area (Å²) in [5, 5.41) is 6.02. The molecule has 0 atom stereocenters. The minimum absolute atomic E-state index is 0.110. The molecular formula is C21H19FN4O3. The lowest BCUT2D eigenvalue weighted by atomic mass is 10.1. The Labute approximate surface area is 167 Å². The molecule has 8 heteroatoms. The van der Waals surface area contributed by atoms with E-state index >= 15 is 0 Å². The molecule has 1 aromatic carbocycles. The van der Waals surface area contributed by atoms with Gasteiger partial charge in [-0.25, -0.2) is 4.39 Å². The van der Waals surface area contributed by atoms with Gasteiger partial charge in [0.05, 0.1) is 31.2 Å². The molecule has 2 aliphatic rings. The van der Waals surface area contributed by atoms with Crippen LogP contribution < -0.4 is 9.47 Å². The van der Waals surface area contributed by atoms with Gasteiger partial charge >= 0.3 is 0 Å². The Morgan fingerprint density at radius 2 is 2.10 bits per heavy atom. The summed E-state index contributed by atoms with van der Waals surface area (Å²) < 4.78 is 24.2. The molecule has 0 unspecified atom stereocenters. The number of methoxy groups -OCH3 is 1. The molecule has 0 radical (unpaired) electrons. The lowest BCUT2D eigenvalue weighted by molar-refractivity contribution is 0.0864. The predicted octanol–water partition coefficient (Wildman–Crippen LogP) is 3.09. The van der Waals surface area contributed by atoms with Crippen molar-refractivity contribution in [1.29, 1.82) is 0 Å². The van der Waals surface area contributed by atoms with E-state index in [1.165, 1.54) is 13.2 Å². The van der Waals surface area contributed by atoms with Gasteiger partial charge in [0.25, 0.3) is 5.91 Å². The molecule has 4 rings (SSSR count). The molecule has 0 saturated heterocycles. The third-order valence-electron chi connectivity index (χ3n) is 4.73. The largest absolute Gasteiger partial charge is 0.494 e. The monoisotopic (exact) mass is 394 g/mol. The van der Waals surface area contributed by atoms with Crippen LogP contribution in [0, 0.1) is 5.82 Å². The number of fused-ring (bicyclic) bond motifs is 1. The highest BCUT2D eigenvalue weighted by atomic mass is 19.1. The second kappa shape index (κ2) is 7.38. The Morgan fingerprint density at radius 1 is 1.28 bits per heavy atom. The number of amidine groups is 1. The molecule has 0 N–H and O–H groups in total. The fraction of sp³-hybridized carbons (Fsp3) is 0.190. The first-order chi connectivity index (χ1) is 14.0. The summed E-state index contributed by atoms with van der Waals surface area (Å²) in [6.45, 7) is 4.41. The number of amides is 1. The molecule has 2 aromatic rings. The fourth-order valence-electron chi connectivity index (χ4n) is 3.10. The molecule has 7 nitrogen and oxygen atoms in total. The summed E-state index contributed by atoms with van der Waals surface area (Å²) in [7, 11) is 3.18. The van der Waals surface area contributed by atoms with Crippen molar-refractivity contribution in [3.05, 3.63) is 77.5 Å². The van der Waals surface area contributed by atoms with Crippen LogP contribution >= 0.6 is 0 Å². The quantitative estimate of drug-likeness (QED) is 0.797. The molecule has 0 aliphatic carbocycles. The SMILES string of the molecule is C=C1C=CC(N2Cc3cc(OCc4cc(OC)c(F)cn4)ccc3C2=O)=NN1C. The fourth-order valence-corrected chi connectivity index (χ4v) is 3.10. The maximum Gasteiger partial charge on any atom is 0.260 e. The van der Waals surface area contributed by atoms with E-state index in [4.69, 9.17) is 9.47 Å². The van der Waals surface area contributed by atoms with Crippen molar-refractivity contribution >= 4 is 11.7 Å². The van der Waals surface area contributed by atoms with Gasteiger partial charge < -0.3 is 9.47 Å². The summed E-state index contributed by atoms with van der Waals surface area (Å²) in [6, 6.07) is 6.78. The highest BCUT2D eigenvalue weighted by molar-refractivity contribution is 6.13. The van der Waals surface area contributed by atoms with E-state index in [1.54, 1.807) is 35.2 Å². The molecule has 0 saturated carbocycles. The third-order valence-corrected chi connectivity index (χ3v) is 4.73. The molecule has 1 amide bonds. The second-order valence-electron chi connectivity index (χ2n) is 6.62. The zero-order valence-electron chi connectivity index (χ0n) is 16.1. The van der Waals surface area contributed by atoms with Crippen molar-refractivity contribution in [3.63, 3.8) is 0 Å². The molecule has 0 spiro atoms. The normalized spacial score (nSPS) is 15.5. The van der Waals surface area contributed by atoms with E-state index < -0.39 is 5.82 Å². The number of pyridine rings is 1. The maximum atomic E-state index is 13.5. The lowest BCUT2D eigenvalue weighted by Gasteiger charge is -2.23. The van der Waals surface area contributed by atoms with E-state index in [-0.39, 0.29) is 18.3 Å². The van der Waals surface area contributed by atoms with Gasteiger partial charge in [-0.05, 0) is 35.9 Å². The number of benzene rings is 1. The molecule has 0 fully saturated rings. The van der Waals surface area contributed by atoms with Crippen molar-refractivity contribution in [2.75, 3.05) is 14.2 Å². The lowest BCUT2D eigenvalue weighted by Crippen LogP contribution is -2.33. The van der Waals surface area contributed by atoms with Gasteiger partial charge in [-0.1, -0.05) is 6.58 Å². The molecule has 3 heterocycles. The van der Waals surface area contributed by atoms with Crippen LogP contribution in [0.1, 0.15) is 21.6 Å². The van der Waals surface area contributed by atoms with Crippen LogP contribution in [-0.4, -0.2) is 40.8 Å². The Morgan fingerprint density at radius 3 is 2.86 bits per heavy atom. The molecule has 0 bridgehead atoms. The smallest absolute Gasteiger partial charge is 0.260 e. The number of likely N-dealkylation sites (N-methyl/N-ethyl adjacent to an activating group) is 1. The van der Waals surface area contributed by atoms with Gasteiger partial charge in [-0.3, -0.25) is 19.7 Å². The summed E-state index contributed by atoms with van der Waals surface area (Å²) in [5.74, 6) is 0.631. The number of halogens is 1. The van der Waals surface area contributed by atoms with E-state index in [0.29, 0.717) is 29.4 Å². The van der Waals surface area contributed by atoms with E-state index in [0.717, 1.165) is 17.5 Å². The Hall–Kier alpha value is -3.68. The number of ether oxygens (including phenoxy) is 2. The second-order valence-corrected chi connectivity index (χ2v) is 6.62. The minimum atomic E-state index is -0.527. The van der Waals surface area contributed by atoms with Crippen LogP contribution in [0.15, 0.2) is 60.0 Å². The van der Waals surface area contributed by atoms with E-state index in [1.807, 2.05) is 12.1 Å². The number of aromatic nitrogens is 1. The zero-order valence-corrected chi connectivity index (χ0v) is 16.1. The average molecular weight is 394 g/mol. The third kappa shape index (κ3) is 3.56. The number of hydrogen-bond donors (Lipinski definition) is 0. The van der Waals surface area contributed by atoms with Gasteiger partial charge in [0.2, 0.25) is 0 Å². The van der Waals surface area contributed by atoms with E-state index in [2.05, 4.69) is 16.7 Å². The van der Waals surface area contributed by atoms with Gasteiger partial charge in [-0.15, -0.1) is 0 Å². The summed E-state index contributed by atoms with van der Waals surface area (Å²) in [5.41, 5.74) is 2.74. The van der Waals surface area contributed by atoms with Crippen molar-refractivity contribution in [2.24, 2.45) is 5.10 Å². The zero-order chi connectivity index (χ0) is 20.5. The van der Waals surface area contributed by atoms with Crippen molar-refractivity contribution in [2.45, 2.75) is 13.2 Å². The van der Waals surface area contributed by atoms with Gasteiger partial charge in [0, 0.05) is 18.7 Å². The summed E-state index contributed by atoms with van der Waals surface area (Å²) in [4.78, 5) is 18.4. The number of hydrogen-bond acceptors (Lipinski definition) is 6. The van der Waals surface area contributed by atoms with Crippen LogP contribution in [0.3, 0.4) is 0 Å². The number of hydrazone groups is 1.